The number of hydrogen-bond acceptors (Lipinski definition) is 3. The Morgan fingerprint density at radius 2 is 1.86 bits per heavy atom. The normalized spacial score (nSPS) is 10.7. The van der Waals surface area contributed by atoms with Gasteiger partial charge in [-0.1, -0.05) is 24.3 Å². The molecule has 0 aliphatic rings. The molecule has 0 amide bonds. The Balaban J connectivity index is 2.18. The van der Waals surface area contributed by atoms with Crippen molar-refractivity contribution in [2.75, 3.05) is 0 Å². The fourth-order valence-corrected chi connectivity index (χ4v) is 2.27. The van der Waals surface area contributed by atoms with E-state index in [9.17, 15) is 19.3 Å². The number of benzene rings is 2. The van der Waals surface area contributed by atoms with Crippen molar-refractivity contribution in [2.45, 2.75) is 0 Å². The van der Waals surface area contributed by atoms with Crippen LogP contribution in [0.3, 0.4) is 0 Å². The molecule has 104 valence electrons. The molecule has 0 unspecified atom stereocenters. The van der Waals surface area contributed by atoms with E-state index < -0.39 is 16.5 Å². The smallest absolute Gasteiger partial charge is 0.293 e. The number of non-ortho nitro benzene ring substituents is 1. The number of aromatic amines is 1. The van der Waals surface area contributed by atoms with E-state index in [4.69, 9.17) is 0 Å². The number of nitro benzene ring substituents is 1. The lowest BCUT2D eigenvalue weighted by atomic mass is 10.0. The van der Waals surface area contributed by atoms with E-state index >= 15 is 0 Å². The molecule has 1 aromatic heterocycles. The largest absolute Gasteiger partial charge is 0.355 e. The number of fused-ring (bicyclic) bond motifs is 1. The molecule has 6 heteroatoms. The Hall–Kier alpha value is -3.02. The number of H-pyrrole nitrogens is 1. The number of carbonyl (C=O) groups is 1. The summed E-state index contributed by atoms with van der Waals surface area (Å²) in [5, 5.41) is 11.4. The van der Waals surface area contributed by atoms with Crippen LogP contribution in [0.2, 0.25) is 0 Å². The topological polar surface area (TPSA) is 76.0 Å². The third-order valence-electron chi connectivity index (χ3n) is 3.25. The molecule has 1 N–H and O–H groups in total. The van der Waals surface area contributed by atoms with Gasteiger partial charge < -0.3 is 4.98 Å². The molecular weight excluding hydrogens is 275 g/mol. The van der Waals surface area contributed by atoms with Crippen molar-refractivity contribution in [3.63, 3.8) is 0 Å². The van der Waals surface area contributed by atoms with Gasteiger partial charge in [-0.3, -0.25) is 14.9 Å². The first-order chi connectivity index (χ1) is 10.1. The van der Waals surface area contributed by atoms with Gasteiger partial charge in [0, 0.05) is 23.2 Å². The van der Waals surface area contributed by atoms with E-state index in [-0.39, 0.29) is 22.3 Å². The Bertz CT molecular complexity index is 870. The maximum Gasteiger partial charge on any atom is 0.293 e. The first kappa shape index (κ1) is 13.0. The van der Waals surface area contributed by atoms with Gasteiger partial charge >= 0.3 is 0 Å². The second-order valence-corrected chi connectivity index (χ2v) is 4.47. The van der Waals surface area contributed by atoms with E-state index in [2.05, 4.69) is 4.98 Å². The highest BCUT2D eigenvalue weighted by Gasteiger charge is 2.21. The molecule has 3 aromatic rings. The third-order valence-corrected chi connectivity index (χ3v) is 3.25. The van der Waals surface area contributed by atoms with E-state index in [0.29, 0.717) is 5.39 Å². The Labute approximate surface area is 118 Å². The average molecular weight is 284 g/mol. The highest BCUT2D eigenvalue weighted by Crippen LogP contribution is 2.28. The Morgan fingerprint density at radius 1 is 1.10 bits per heavy atom. The molecule has 0 aliphatic heterocycles. The molecule has 2 aromatic carbocycles. The van der Waals surface area contributed by atoms with Gasteiger partial charge in [-0.15, -0.1) is 0 Å². The van der Waals surface area contributed by atoms with Crippen LogP contribution >= 0.6 is 0 Å². The van der Waals surface area contributed by atoms with Crippen molar-refractivity contribution in [1.82, 2.24) is 4.98 Å². The molecule has 0 radical (unpaired) electrons. The number of nitrogens with one attached hydrogen (secondary N) is 1. The summed E-state index contributed by atoms with van der Waals surface area (Å²) in [4.78, 5) is 25.5. The molecule has 3 rings (SSSR count). The molecular formula is C15H9FN2O3. The number of carbonyl (C=O) groups excluding carboxylic acids is 1. The molecule has 0 fully saturated rings. The lowest BCUT2D eigenvalue weighted by molar-refractivity contribution is -0.383. The van der Waals surface area contributed by atoms with Crippen LogP contribution in [0.4, 0.5) is 10.1 Å². The number of nitro groups is 1. The number of ketones is 1. The summed E-state index contributed by atoms with van der Waals surface area (Å²) in [6.07, 6.45) is 1.37. The SMILES string of the molecule is O=C(c1ccccc1F)c1c[nH]c2c([N+](=O)[O-])cccc12. The van der Waals surface area contributed by atoms with Gasteiger partial charge in [0.1, 0.15) is 11.3 Å². The van der Waals surface area contributed by atoms with Crippen LogP contribution in [0.1, 0.15) is 15.9 Å². The maximum atomic E-state index is 13.7. The number of aromatic nitrogens is 1. The fourth-order valence-electron chi connectivity index (χ4n) is 2.27. The quantitative estimate of drug-likeness (QED) is 0.454. The summed E-state index contributed by atoms with van der Waals surface area (Å²) in [6.45, 7) is 0. The lowest BCUT2D eigenvalue weighted by Gasteiger charge is -2.01. The molecule has 1 heterocycles. The first-order valence-corrected chi connectivity index (χ1v) is 6.13. The van der Waals surface area contributed by atoms with Crippen LogP contribution in [-0.4, -0.2) is 15.7 Å². The minimum absolute atomic E-state index is 0.0649. The standard InChI is InChI=1S/C15H9FN2O3/c16-12-6-2-1-4-10(12)15(19)11-8-17-14-9(11)5-3-7-13(14)18(20)21/h1-8,17H. The van der Waals surface area contributed by atoms with Gasteiger partial charge in [0.25, 0.3) is 5.69 Å². The molecule has 0 bridgehead atoms. The van der Waals surface area contributed by atoms with Gasteiger partial charge in [-0.05, 0) is 12.1 Å². The summed E-state index contributed by atoms with van der Waals surface area (Å²) in [7, 11) is 0. The third kappa shape index (κ3) is 2.06. The molecule has 5 nitrogen and oxygen atoms in total. The highest BCUT2D eigenvalue weighted by atomic mass is 19.1. The van der Waals surface area contributed by atoms with Crippen molar-refractivity contribution in [1.29, 1.82) is 0 Å². The lowest BCUT2D eigenvalue weighted by Crippen LogP contribution is -2.03. The molecule has 0 atom stereocenters. The monoisotopic (exact) mass is 284 g/mol. The predicted molar refractivity (Wildman–Crippen MR) is 74.8 cm³/mol. The van der Waals surface area contributed by atoms with Crippen LogP contribution in [0.5, 0.6) is 0 Å². The van der Waals surface area contributed by atoms with Crippen LogP contribution in [0.25, 0.3) is 10.9 Å². The predicted octanol–water partition coefficient (Wildman–Crippen LogP) is 3.45. The average Bonchev–Trinajstić information content (AvgIpc) is 2.90. The fraction of sp³-hybridized carbons (Fsp3) is 0. The molecule has 0 saturated heterocycles. The van der Waals surface area contributed by atoms with Crippen LogP contribution in [-0.2, 0) is 0 Å². The van der Waals surface area contributed by atoms with Crippen molar-refractivity contribution in [3.05, 3.63) is 75.7 Å². The van der Waals surface area contributed by atoms with E-state index in [0.717, 1.165) is 0 Å². The first-order valence-electron chi connectivity index (χ1n) is 6.13. The van der Waals surface area contributed by atoms with Crippen molar-refractivity contribution in [2.24, 2.45) is 0 Å². The van der Waals surface area contributed by atoms with E-state index in [1.807, 2.05) is 0 Å². The zero-order valence-corrected chi connectivity index (χ0v) is 10.7. The Morgan fingerprint density at radius 3 is 2.57 bits per heavy atom. The summed E-state index contributed by atoms with van der Waals surface area (Å²) in [5.41, 5.74) is 0.269. The maximum absolute atomic E-state index is 13.7. The zero-order chi connectivity index (χ0) is 15.0. The van der Waals surface area contributed by atoms with Crippen LogP contribution < -0.4 is 0 Å². The van der Waals surface area contributed by atoms with Gasteiger partial charge in [0.05, 0.1) is 10.5 Å². The van der Waals surface area contributed by atoms with Gasteiger partial charge in [-0.25, -0.2) is 4.39 Å². The summed E-state index contributed by atoms with van der Waals surface area (Å²) in [5.74, 6) is -1.14. The molecule has 0 aliphatic carbocycles. The van der Waals surface area contributed by atoms with Crippen LogP contribution in [0, 0.1) is 15.9 Å². The minimum atomic E-state index is -0.623. The number of nitrogens with zero attached hydrogens (tertiary/aromatic N) is 1. The Kier molecular flexibility index (Phi) is 2.98. The summed E-state index contributed by atoms with van der Waals surface area (Å²) >= 11 is 0. The van der Waals surface area contributed by atoms with Gasteiger partial charge in [0.2, 0.25) is 0 Å². The number of para-hydroxylation sites is 1. The van der Waals surface area contributed by atoms with Crippen molar-refractivity contribution < 1.29 is 14.1 Å². The second-order valence-electron chi connectivity index (χ2n) is 4.47. The number of rotatable bonds is 3. The number of hydrogen-bond donors (Lipinski definition) is 1. The summed E-state index contributed by atoms with van der Waals surface area (Å²) in [6, 6.07) is 10.1. The molecule has 21 heavy (non-hydrogen) atoms. The number of halogens is 1. The molecule has 0 saturated carbocycles. The van der Waals surface area contributed by atoms with E-state index in [1.54, 1.807) is 12.1 Å². The summed E-state index contributed by atoms with van der Waals surface area (Å²) < 4.78 is 13.7. The van der Waals surface area contributed by atoms with E-state index in [1.165, 1.54) is 36.5 Å². The van der Waals surface area contributed by atoms with Gasteiger partial charge in [-0.2, -0.15) is 0 Å². The zero-order valence-electron chi connectivity index (χ0n) is 10.7. The molecule has 0 spiro atoms. The van der Waals surface area contributed by atoms with Crippen LogP contribution in [0.15, 0.2) is 48.7 Å². The van der Waals surface area contributed by atoms with Gasteiger partial charge in [0.15, 0.2) is 5.78 Å². The second kappa shape index (κ2) is 4.82. The minimum Gasteiger partial charge on any atom is -0.355 e. The highest BCUT2D eigenvalue weighted by molar-refractivity contribution is 6.17. The van der Waals surface area contributed by atoms with Crippen molar-refractivity contribution >= 4 is 22.4 Å². The van der Waals surface area contributed by atoms with Crippen molar-refractivity contribution in [3.8, 4) is 0 Å².